The number of alkyl carbamates (subject to hydrolysis) is 1. The summed E-state index contributed by atoms with van der Waals surface area (Å²) in [5, 5.41) is 2.40. The molecule has 0 spiro atoms. The highest BCUT2D eigenvalue weighted by Gasteiger charge is 2.21. The Labute approximate surface area is 99.7 Å². The number of amides is 1. The number of esters is 1. The van der Waals surface area contributed by atoms with Gasteiger partial charge in [-0.2, -0.15) is 0 Å². The van der Waals surface area contributed by atoms with Crippen LogP contribution in [0.2, 0.25) is 0 Å². The van der Waals surface area contributed by atoms with E-state index in [4.69, 9.17) is 16.5 Å². The Morgan fingerprint density at radius 3 is 2.31 bits per heavy atom. The van der Waals surface area contributed by atoms with E-state index in [1.807, 2.05) is 0 Å². The molecular weight excluding hydrogens is 236 g/mol. The first-order valence-electron chi connectivity index (χ1n) is 4.71. The van der Waals surface area contributed by atoms with Gasteiger partial charge in [0.15, 0.2) is 0 Å². The predicted octanol–water partition coefficient (Wildman–Crippen LogP) is 0.796. The third-order valence-corrected chi connectivity index (χ3v) is 1.73. The Morgan fingerprint density at radius 2 is 1.94 bits per heavy atom. The summed E-state index contributed by atoms with van der Waals surface area (Å²) < 4.78 is 9.43. The lowest BCUT2D eigenvalue weighted by Crippen LogP contribution is -2.44. The lowest BCUT2D eigenvalue weighted by atomic mass is 10.2. The van der Waals surface area contributed by atoms with E-state index in [0.29, 0.717) is 0 Å². The van der Waals surface area contributed by atoms with Gasteiger partial charge in [-0.15, -0.1) is 0 Å². The van der Waals surface area contributed by atoms with Gasteiger partial charge in [0.25, 0.3) is 0 Å². The van der Waals surface area contributed by atoms with Crippen molar-refractivity contribution in [3.05, 3.63) is 0 Å². The minimum absolute atomic E-state index is 0.00884. The average Bonchev–Trinajstić information content (AvgIpc) is 2.15. The van der Waals surface area contributed by atoms with Crippen LogP contribution in [0.4, 0.5) is 4.79 Å². The molecule has 94 valence electrons. The third-order valence-electron chi connectivity index (χ3n) is 1.47. The van der Waals surface area contributed by atoms with E-state index in [9.17, 15) is 9.59 Å². The summed E-state index contributed by atoms with van der Waals surface area (Å²) in [6.45, 7) is 5.21. The van der Waals surface area contributed by atoms with Crippen molar-refractivity contribution in [2.45, 2.75) is 32.4 Å². The lowest BCUT2D eigenvalue weighted by molar-refractivity contribution is -0.142. The molecule has 0 fully saturated rings. The van der Waals surface area contributed by atoms with Crippen LogP contribution in [-0.2, 0) is 14.3 Å². The zero-order valence-electron chi connectivity index (χ0n) is 9.80. The number of carbonyl (C=O) groups excluding carboxylic acids is 2. The van der Waals surface area contributed by atoms with Gasteiger partial charge in [-0.25, -0.2) is 9.63 Å². The normalized spacial score (nSPS) is 12.8. The number of hydrogen-bond donors (Lipinski definition) is 2. The van der Waals surface area contributed by atoms with E-state index < -0.39 is 23.7 Å². The van der Waals surface area contributed by atoms with Gasteiger partial charge in [0.05, 0.1) is 7.11 Å². The second kappa shape index (κ2) is 6.55. The number of ether oxygens (including phenoxy) is 2. The Hall–Kier alpha value is -1.01. The first kappa shape index (κ1) is 15.0. The van der Waals surface area contributed by atoms with Crippen molar-refractivity contribution in [3.8, 4) is 0 Å². The molecule has 0 aromatic carbocycles. The summed E-state index contributed by atoms with van der Waals surface area (Å²) in [4.78, 5) is 24.5. The van der Waals surface area contributed by atoms with Crippen molar-refractivity contribution >= 4 is 23.8 Å². The Morgan fingerprint density at radius 1 is 1.38 bits per heavy atom. The molecule has 16 heavy (non-hydrogen) atoms. The summed E-state index contributed by atoms with van der Waals surface area (Å²) >= 11 is 5.31. The first-order valence-corrected chi connectivity index (χ1v) is 5.08. The van der Waals surface area contributed by atoms with E-state index in [1.54, 1.807) is 20.8 Å². The highest BCUT2D eigenvalue weighted by Crippen LogP contribution is 2.06. The van der Waals surface area contributed by atoms with Crippen molar-refractivity contribution < 1.29 is 19.1 Å². The van der Waals surface area contributed by atoms with Crippen LogP contribution in [0, 0.1) is 0 Å². The van der Waals surface area contributed by atoms with Gasteiger partial charge >= 0.3 is 12.1 Å². The maximum absolute atomic E-state index is 11.2. The molecule has 6 nitrogen and oxygen atoms in total. The van der Waals surface area contributed by atoms with Crippen molar-refractivity contribution in [2.24, 2.45) is 0 Å². The molecular formula is C9H17ClN2O4. The van der Waals surface area contributed by atoms with Crippen LogP contribution in [0.1, 0.15) is 20.8 Å². The van der Waals surface area contributed by atoms with Gasteiger partial charge < -0.3 is 14.8 Å². The van der Waals surface area contributed by atoms with E-state index in [2.05, 4.69) is 14.9 Å². The standard InChI is InChI=1S/C9H17ClN2O4/c1-9(2,3)16-8(14)11-5-6(12-10)7(13)15-4/h6,12H,5H2,1-4H3,(H,11,14). The lowest BCUT2D eigenvalue weighted by Gasteiger charge is -2.20. The topological polar surface area (TPSA) is 76.7 Å². The number of nitrogens with one attached hydrogen (secondary N) is 2. The monoisotopic (exact) mass is 252 g/mol. The molecule has 0 bridgehead atoms. The van der Waals surface area contributed by atoms with Crippen molar-refractivity contribution in [1.29, 1.82) is 0 Å². The molecule has 7 heteroatoms. The number of methoxy groups -OCH3 is 1. The molecule has 0 aromatic rings. The number of hydrogen-bond acceptors (Lipinski definition) is 5. The van der Waals surface area contributed by atoms with Crippen LogP contribution < -0.4 is 10.2 Å². The van der Waals surface area contributed by atoms with E-state index in [-0.39, 0.29) is 6.54 Å². The molecule has 0 radical (unpaired) electrons. The second-order valence-electron chi connectivity index (χ2n) is 4.07. The van der Waals surface area contributed by atoms with Crippen LogP contribution in [0.3, 0.4) is 0 Å². The molecule has 0 aliphatic heterocycles. The van der Waals surface area contributed by atoms with Crippen LogP contribution in [0.25, 0.3) is 0 Å². The van der Waals surface area contributed by atoms with E-state index in [0.717, 1.165) is 0 Å². The van der Waals surface area contributed by atoms with Crippen LogP contribution in [0.15, 0.2) is 0 Å². The maximum Gasteiger partial charge on any atom is 0.407 e. The van der Waals surface area contributed by atoms with Gasteiger partial charge in [0, 0.05) is 6.54 Å². The van der Waals surface area contributed by atoms with Crippen LogP contribution in [-0.4, -0.2) is 37.4 Å². The van der Waals surface area contributed by atoms with Crippen molar-refractivity contribution in [1.82, 2.24) is 10.2 Å². The Bertz CT molecular complexity index is 252. The third kappa shape index (κ3) is 6.47. The molecule has 0 saturated carbocycles. The van der Waals surface area contributed by atoms with Crippen molar-refractivity contribution in [3.63, 3.8) is 0 Å². The van der Waals surface area contributed by atoms with E-state index in [1.165, 1.54) is 7.11 Å². The summed E-state index contributed by atoms with van der Waals surface area (Å²) in [7, 11) is 1.23. The van der Waals surface area contributed by atoms with Gasteiger partial charge in [0.2, 0.25) is 0 Å². The molecule has 0 heterocycles. The average molecular weight is 253 g/mol. The number of carbonyl (C=O) groups is 2. The molecule has 0 aromatic heterocycles. The fourth-order valence-corrected chi connectivity index (χ4v) is 0.975. The highest BCUT2D eigenvalue weighted by molar-refractivity contribution is 6.14. The smallest absolute Gasteiger partial charge is 0.407 e. The molecule has 1 atom stereocenters. The van der Waals surface area contributed by atoms with Crippen molar-refractivity contribution in [2.75, 3.05) is 13.7 Å². The number of rotatable bonds is 4. The Balaban J connectivity index is 4.03. The molecule has 0 aliphatic rings. The maximum atomic E-state index is 11.2. The zero-order valence-corrected chi connectivity index (χ0v) is 10.6. The number of halogens is 1. The summed E-state index contributed by atoms with van der Waals surface area (Å²) in [6, 6.07) is -0.806. The summed E-state index contributed by atoms with van der Waals surface area (Å²) in [5.41, 5.74) is -0.584. The second-order valence-corrected chi connectivity index (χ2v) is 4.29. The fourth-order valence-electron chi connectivity index (χ4n) is 0.808. The molecule has 2 N–H and O–H groups in total. The quantitative estimate of drug-likeness (QED) is 0.572. The molecule has 1 unspecified atom stereocenters. The molecule has 0 rings (SSSR count). The van der Waals surface area contributed by atoms with Gasteiger partial charge in [-0.1, -0.05) is 0 Å². The van der Waals surface area contributed by atoms with Crippen LogP contribution >= 0.6 is 11.8 Å². The minimum Gasteiger partial charge on any atom is -0.468 e. The van der Waals surface area contributed by atoms with Gasteiger partial charge in [0.1, 0.15) is 11.6 Å². The summed E-state index contributed by atoms with van der Waals surface area (Å²) in [5.74, 6) is -0.564. The Kier molecular flexibility index (Phi) is 6.13. The largest absolute Gasteiger partial charge is 0.468 e. The minimum atomic E-state index is -0.806. The van der Waals surface area contributed by atoms with Gasteiger partial charge in [-0.05, 0) is 32.5 Å². The van der Waals surface area contributed by atoms with Gasteiger partial charge in [-0.3, -0.25) is 4.79 Å². The zero-order chi connectivity index (χ0) is 12.8. The SMILES string of the molecule is COC(=O)C(CNC(=O)OC(C)(C)C)NCl. The molecule has 1 amide bonds. The van der Waals surface area contributed by atoms with E-state index >= 15 is 0 Å². The molecule has 0 saturated heterocycles. The fraction of sp³-hybridized carbons (Fsp3) is 0.778. The first-order chi connectivity index (χ1) is 7.30. The van der Waals surface area contributed by atoms with Crippen LogP contribution in [0.5, 0.6) is 0 Å². The molecule has 0 aliphatic carbocycles. The summed E-state index contributed by atoms with van der Waals surface area (Å²) in [6.07, 6.45) is -0.617. The highest BCUT2D eigenvalue weighted by atomic mass is 35.5. The predicted molar refractivity (Wildman–Crippen MR) is 59.0 cm³/mol.